The smallest absolute Gasteiger partial charge is 0.224 e. The van der Waals surface area contributed by atoms with Crippen molar-refractivity contribution in [1.29, 1.82) is 0 Å². The summed E-state index contributed by atoms with van der Waals surface area (Å²) >= 11 is 0. The van der Waals surface area contributed by atoms with Crippen LogP contribution in [0.5, 0.6) is 11.5 Å². The lowest BCUT2D eigenvalue weighted by atomic mass is 9.96. The van der Waals surface area contributed by atoms with Crippen molar-refractivity contribution in [2.24, 2.45) is 5.92 Å². The van der Waals surface area contributed by atoms with Crippen molar-refractivity contribution in [2.75, 3.05) is 38.5 Å². The van der Waals surface area contributed by atoms with Gasteiger partial charge in [-0.05, 0) is 50.0 Å². The number of carbonyl (C=O) groups is 1. The van der Waals surface area contributed by atoms with E-state index in [4.69, 9.17) is 15.2 Å². The van der Waals surface area contributed by atoms with E-state index in [1.54, 1.807) is 18.3 Å². The third-order valence-electron chi connectivity index (χ3n) is 5.76. The fourth-order valence-corrected chi connectivity index (χ4v) is 3.97. The number of nitrogens with one attached hydrogen (secondary N) is 1. The van der Waals surface area contributed by atoms with Crippen molar-refractivity contribution in [3.8, 4) is 11.5 Å². The minimum atomic E-state index is -1.01. The second kappa shape index (κ2) is 9.47. The number of carbonyl (C=O) groups excluding carboxylic acids is 1. The van der Waals surface area contributed by atoms with Gasteiger partial charge in [0.25, 0.3) is 0 Å². The molecule has 0 unspecified atom stereocenters. The minimum Gasteiger partial charge on any atom is -0.486 e. The molecular formula is C22H26F2N4O3. The molecule has 31 heavy (non-hydrogen) atoms. The number of pyridine rings is 1. The number of ether oxygens (including phenoxy) is 2. The molecular weight excluding hydrogens is 406 g/mol. The van der Waals surface area contributed by atoms with E-state index in [0.717, 1.165) is 37.6 Å². The second-order valence-corrected chi connectivity index (χ2v) is 8.01. The van der Waals surface area contributed by atoms with Crippen molar-refractivity contribution >= 4 is 11.7 Å². The van der Waals surface area contributed by atoms with E-state index >= 15 is 0 Å². The molecule has 166 valence electrons. The molecule has 1 aromatic carbocycles. The van der Waals surface area contributed by atoms with E-state index in [0.29, 0.717) is 31.4 Å². The Hall–Kier alpha value is -2.94. The topological polar surface area (TPSA) is 89.7 Å². The number of benzene rings is 1. The number of fused-ring (bicyclic) bond motifs is 1. The van der Waals surface area contributed by atoms with Gasteiger partial charge in [0.1, 0.15) is 18.5 Å². The first-order valence-electron chi connectivity index (χ1n) is 10.5. The molecule has 4 rings (SSSR count). The molecule has 1 amide bonds. The summed E-state index contributed by atoms with van der Waals surface area (Å²) in [6, 6.07) is 5.98. The molecule has 0 saturated carbocycles. The van der Waals surface area contributed by atoms with Gasteiger partial charge >= 0.3 is 0 Å². The summed E-state index contributed by atoms with van der Waals surface area (Å²) in [5.41, 5.74) is 6.51. The van der Waals surface area contributed by atoms with E-state index in [1.165, 1.54) is 6.07 Å². The molecule has 0 bridgehead atoms. The summed E-state index contributed by atoms with van der Waals surface area (Å²) in [4.78, 5) is 18.4. The fourth-order valence-electron chi connectivity index (χ4n) is 3.97. The number of rotatable bonds is 6. The first-order chi connectivity index (χ1) is 15.0. The van der Waals surface area contributed by atoms with Crippen molar-refractivity contribution < 1.29 is 23.0 Å². The zero-order valence-electron chi connectivity index (χ0n) is 17.2. The van der Waals surface area contributed by atoms with Crippen LogP contribution in [0.3, 0.4) is 0 Å². The van der Waals surface area contributed by atoms with Gasteiger partial charge in [-0.15, -0.1) is 0 Å². The first-order valence-corrected chi connectivity index (χ1v) is 10.5. The lowest BCUT2D eigenvalue weighted by molar-refractivity contribution is -0.120. The number of nitrogen functional groups attached to an aromatic ring is 1. The summed E-state index contributed by atoms with van der Waals surface area (Å²) in [5, 5.41) is 2.98. The molecule has 0 radical (unpaired) electrons. The molecule has 3 N–H and O–H groups in total. The van der Waals surface area contributed by atoms with E-state index in [9.17, 15) is 13.6 Å². The third-order valence-corrected chi connectivity index (χ3v) is 5.76. The van der Waals surface area contributed by atoms with Crippen LogP contribution in [0, 0.1) is 17.6 Å². The van der Waals surface area contributed by atoms with Gasteiger partial charge in [-0.3, -0.25) is 9.69 Å². The Morgan fingerprint density at radius 2 is 2.06 bits per heavy atom. The lowest BCUT2D eigenvalue weighted by Crippen LogP contribution is -2.45. The molecule has 7 nitrogen and oxygen atoms in total. The summed E-state index contributed by atoms with van der Waals surface area (Å²) in [5.74, 6) is -1.17. The number of hydrogen-bond acceptors (Lipinski definition) is 6. The zero-order valence-corrected chi connectivity index (χ0v) is 17.2. The highest BCUT2D eigenvalue weighted by molar-refractivity contribution is 5.79. The largest absolute Gasteiger partial charge is 0.486 e. The monoisotopic (exact) mass is 432 g/mol. The molecule has 0 spiro atoms. The van der Waals surface area contributed by atoms with Gasteiger partial charge in [0.2, 0.25) is 17.5 Å². The maximum absolute atomic E-state index is 14.0. The number of amides is 1. The minimum absolute atomic E-state index is 0.0668. The normalized spacial score (nSPS) is 19.2. The van der Waals surface area contributed by atoms with Crippen LogP contribution in [0.2, 0.25) is 0 Å². The average molecular weight is 432 g/mol. The Balaban J connectivity index is 1.19. The second-order valence-electron chi connectivity index (χ2n) is 8.01. The number of anilines is 1. The molecule has 3 heterocycles. The summed E-state index contributed by atoms with van der Waals surface area (Å²) in [7, 11) is 0. The molecule has 1 fully saturated rings. The average Bonchev–Trinajstić information content (AvgIpc) is 2.78. The number of halogens is 2. The van der Waals surface area contributed by atoms with Crippen LogP contribution >= 0.6 is 0 Å². The molecule has 1 aromatic heterocycles. The van der Waals surface area contributed by atoms with Gasteiger partial charge in [-0.1, -0.05) is 6.07 Å². The van der Waals surface area contributed by atoms with Crippen LogP contribution in [-0.4, -0.2) is 54.7 Å². The fraction of sp³-hybridized carbons (Fsp3) is 0.455. The van der Waals surface area contributed by atoms with Crippen molar-refractivity contribution in [1.82, 2.24) is 15.2 Å². The summed E-state index contributed by atoms with van der Waals surface area (Å²) in [6.07, 6.45) is 3.33. The summed E-state index contributed by atoms with van der Waals surface area (Å²) < 4.78 is 38.6. The number of aromatic nitrogens is 1. The van der Waals surface area contributed by atoms with Gasteiger partial charge in [0.05, 0.1) is 6.42 Å². The lowest BCUT2D eigenvalue weighted by Gasteiger charge is -2.35. The Morgan fingerprint density at radius 3 is 2.84 bits per heavy atom. The highest BCUT2D eigenvalue weighted by atomic mass is 19.2. The number of nitrogens with two attached hydrogens (primary N) is 1. The molecule has 1 saturated heterocycles. The van der Waals surface area contributed by atoms with Gasteiger partial charge in [-0.25, -0.2) is 9.37 Å². The van der Waals surface area contributed by atoms with E-state index in [-0.39, 0.29) is 29.9 Å². The van der Waals surface area contributed by atoms with Crippen LogP contribution in [0.1, 0.15) is 18.4 Å². The van der Waals surface area contributed by atoms with Crippen LogP contribution in [0.15, 0.2) is 30.5 Å². The molecule has 2 aromatic rings. The van der Waals surface area contributed by atoms with E-state index < -0.39 is 11.6 Å². The third kappa shape index (κ3) is 5.22. The number of nitrogens with zero attached hydrogens (tertiary/aromatic N) is 2. The van der Waals surface area contributed by atoms with Crippen molar-refractivity contribution in [3.05, 3.63) is 47.7 Å². The highest BCUT2D eigenvalue weighted by Crippen LogP contribution is 2.35. The molecule has 1 atom stereocenters. The van der Waals surface area contributed by atoms with Gasteiger partial charge < -0.3 is 20.5 Å². The Morgan fingerprint density at radius 1 is 1.26 bits per heavy atom. The maximum atomic E-state index is 14.0. The number of piperidine rings is 1. The Labute approximate surface area is 179 Å². The predicted molar refractivity (Wildman–Crippen MR) is 111 cm³/mol. The van der Waals surface area contributed by atoms with Gasteiger partial charge in [0, 0.05) is 24.8 Å². The highest BCUT2D eigenvalue weighted by Gasteiger charge is 2.29. The zero-order chi connectivity index (χ0) is 21.8. The number of likely N-dealkylation sites (tertiary alicyclic amines) is 1. The maximum Gasteiger partial charge on any atom is 0.224 e. The van der Waals surface area contributed by atoms with Crippen LogP contribution in [0.4, 0.5) is 14.6 Å². The Bertz CT molecular complexity index is 935. The predicted octanol–water partition coefficient (Wildman–Crippen LogP) is 2.15. The van der Waals surface area contributed by atoms with Crippen LogP contribution < -0.4 is 20.5 Å². The van der Waals surface area contributed by atoms with Gasteiger partial charge in [-0.2, -0.15) is 4.39 Å². The summed E-state index contributed by atoms with van der Waals surface area (Å²) in [6.45, 7) is 3.18. The number of hydrogen-bond donors (Lipinski definition) is 2. The quantitative estimate of drug-likeness (QED) is 0.727. The van der Waals surface area contributed by atoms with E-state index in [2.05, 4.69) is 15.2 Å². The molecule has 0 aliphatic carbocycles. The van der Waals surface area contributed by atoms with Crippen LogP contribution in [-0.2, 0) is 11.2 Å². The first kappa shape index (κ1) is 21.3. The molecule has 2 aliphatic rings. The van der Waals surface area contributed by atoms with Crippen LogP contribution in [0.25, 0.3) is 0 Å². The van der Waals surface area contributed by atoms with Crippen molar-refractivity contribution in [3.63, 3.8) is 0 Å². The molecule has 9 heteroatoms. The molecule has 2 aliphatic heterocycles. The SMILES string of the molecule is Nc1ncccc1CC(=O)NCC1CCN(C[C@H]2COc3ccc(F)c(F)c3O2)CC1. The van der Waals surface area contributed by atoms with Crippen molar-refractivity contribution in [2.45, 2.75) is 25.4 Å². The van der Waals surface area contributed by atoms with E-state index in [1.807, 2.05) is 0 Å². The standard InChI is InChI=1S/C22H26F2N4O3/c23-17-3-4-18-21(20(17)24)31-16(13-30-18)12-28-8-5-14(6-9-28)11-27-19(29)10-15-2-1-7-26-22(15)25/h1-4,7,14,16H,5-6,8-13H2,(H2,25,26)(H,27,29)/t16-/m0/s1. The van der Waals surface area contributed by atoms with Gasteiger partial charge in [0.15, 0.2) is 11.6 Å². The Kier molecular flexibility index (Phi) is 6.50.